The Balaban J connectivity index is 2.36. The molecule has 0 fully saturated rings. The first-order chi connectivity index (χ1) is 10.1. The Labute approximate surface area is 147 Å². The second-order valence-corrected chi connectivity index (χ2v) is 9.27. The van der Waals surface area contributed by atoms with Gasteiger partial charge in [0, 0.05) is 9.75 Å². The molecule has 0 saturated heterocycles. The standard InChI is InChI=1S/C13H13Br2NO3S2/c14-11-3-1-9(20-11)7(5-17)13(16-19)8(6-18)10-2-4-12(15)21-10/h1-4,7-8,17-19H,5-6H2. The Bertz CT molecular complexity index is 576. The van der Waals surface area contributed by atoms with Gasteiger partial charge in [-0.05, 0) is 56.1 Å². The Morgan fingerprint density at radius 1 is 0.952 bits per heavy atom. The molecular formula is C13H13Br2NO3S2. The summed E-state index contributed by atoms with van der Waals surface area (Å²) in [6, 6.07) is 7.51. The first kappa shape index (κ1) is 17.1. The van der Waals surface area contributed by atoms with Crippen molar-refractivity contribution >= 4 is 60.2 Å². The third-order valence-corrected chi connectivity index (χ3v) is 6.54. The highest BCUT2D eigenvalue weighted by Gasteiger charge is 2.29. The fourth-order valence-electron chi connectivity index (χ4n) is 2.07. The van der Waals surface area contributed by atoms with Crippen molar-refractivity contribution in [2.24, 2.45) is 5.16 Å². The van der Waals surface area contributed by atoms with Gasteiger partial charge in [0.05, 0.1) is 38.3 Å². The van der Waals surface area contributed by atoms with E-state index < -0.39 is 11.8 Å². The number of thiophene rings is 2. The average molecular weight is 455 g/mol. The van der Waals surface area contributed by atoms with Crippen LogP contribution in [0, 0.1) is 0 Å². The fraction of sp³-hybridized carbons (Fsp3) is 0.308. The topological polar surface area (TPSA) is 73.1 Å². The molecular weight excluding hydrogens is 442 g/mol. The van der Waals surface area contributed by atoms with Crippen LogP contribution in [0.15, 0.2) is 37.0 Å². The Morgan fingerprint density at radius 3 is 1.62 bits per heavy atom. The number of hydrogen-bond acceptors (Lipinski definition) is 6. The van der Waals surface area contributed by atoms with Crippen LogP contribution in [0.4, 0.5) is 0 Å². The maximum atomic E-state index is 9.70. The Hall–Kier alpha value is -0.250. The van der Waals surface area contributed by atoms with E-state index in [4.69, 9.17) is 0 Å². The van der Waals surface area contributed by atoms with E-state index >= 15 is 0 Å². The first-order valence-corrected chi connectivity index (χ1v) is 9.26. The van der Waals surface area contributed by atoms with Gasteiger partial charge < -0.3 is 15.4 Å². The van der Waals surface area contributed by atoms with Crippen molar-refractivity contribution < 1.29 is 15.4 Å². The average Bonchev–Trinajstić information content (AvgIpc) is 3.08. The molecule has 2 unspecified atom stereocenters. The molecule has 2 aromatic heterocycles. The van der Waals surface area contributed by atoms with Crippen LogP contribution in [0.3, 0.4) is 0 Å². The van der Waals surface area contributed by atoms with Gasteiger partial charge in [0.1, 0.15) is 0 Å². The zero-order chi connectivity index (χ0) is 15.4. The molecule has 0 aliphatic carbocycles. The van der Waals surface area contributed by atoms with Crippen LogP contribution >= 0.6 is 54.5 Å². The Morgan fingerprint density at radius 2 is 1.38 bits per heavy atom. The number of aliphatic hydroxyl groups is 2. The molecule has 21 heavy (non-hydrogen) atoms. The van der Waals surface area contributed by atoms with Crippen molar-refractivity contribution in [3.8, 4) is 0 Å². The molecule has 0 amide bonds. The molecule has 3 N–H and O–H groups in total. The number of aliphatic hydroxyl groups excluding tert-OH is 2. The second-order valence-electron chi connectivity index (χ2n) is 4.28. The molecule has 0 aliphatic heterocycles. The van der Waals surface area contributed by atoms with Crippen LogP contribution < -0.4 is 0 Å². The summed E-state index contributed by atoms with van der Waals surface area (Å²) in [5.74, 6) is -0.881. The van der Waals surface area contributed by atoms with Gasteiger partial charge in [-0.25, -0.2) is 0 Å². The van der Waals surface area contributed by atoms with Gasteiger partial charge >= 0.3 is 0 Å². The lowest BCUT2D eigenvalue weighted by atomic mass is 9.90. The molecule has 2 heterocycles. The lowest BCUT2D eigenvalue weighted by molar-refractivity contribution is 0.262. The van der Waals surface area contributed by atoms with Gasteiger partial charge in [-0.3, -0.25) is 0 Å². The van der Waals surface area contributed by atoms with Crippen molar-refractivity contribution in [3.63, 3.8) is 0 Å². The van der Waals surface area contributed by atoms with Crippen molar-refractivity contribution in [1.82, 2.24) is 0 Å². The van der Waals surface area contributed by atoms with E-state index in [9.17, 15) is 15.4 Å². The lowest BCUT2D eigenvalue weighted by Crippen LogP contribution is -2.25. The molecule has 0 aromatic carbocycles. The summed E-state index contributed by atoms with van der Waals surface area (Å²) in [5, 5.41) is 32.2. The third kappa shape index (κ3) is 3.94. The molecule has 0 spiro atoms. The van der Waals surface area contributed by atoms with Gasteiger partial charge in [0.25, 0.3) is 0 Å². The highest BCUT2D eigenvalue weighted by atomic mass is 79.9. The third-order valence-electron chi connectivity index (χ3n) is 3.07. The normalized spacial score (nSPS) is 13.9. The molecule has 0 saturated carbocycles. The number of oxime groups is 1. The molecule has 2 aromatic rings. The molecule has 0 radical (unpaired) electrons. The highest BCUT2D eigenvalue weighted by molar-refractivity contribution is 9.11. The van der Waals surface area contributed by atoms with Crippen molar-refractivity contribution in [1.29, 1.82) is 0 Å². The molecule has 0 bridgehead atoms. The fourth-order valence-corrected chi connectivity index (χ4v) is 5.13. The SMILES string of the molecule is OCC(C(=NO)C(CO)c1ccc(Br)s1)c1ccc(Br)s1. The molecule has 2 rings (SSSR count). The summed E-state index contributed by atoms with van der Waals surface area (Å²) in [6.07, 6.45) is 0. The number of nitrogens with zero attached hydrogens (tertiary/aromatic N) is 1. The Kier molecular flexibility index (Phi) is 6.39. The van der Waals surface area contributed by atoms with Crippen LogP contribution in [-0.2, 0) is 0 Å². The summed E-state index contributed by atoms with van der Waals surface area (Å²) in [6.45, 7) is -0.370. The van der Waals surface area contributed by atoms with Crippen molar-refractivity contribution in [2.45, 2.75) is 11.8 Å². The quantitative estimate of drug-likeness (QED) is 0.350. The van der Waals surface area contributed by atoms with Crippen molar-refractivity contribution in [3.05, 3.63) is 41.6 Å². The summed E-state index contributed by atoms with van der Waals surface area (Å²) in [7, 11) is 0. The zero-order valence-corrected chi connectivity index (χ0v) is 15.5. The van der Waals surface area contributed by atoms with E-state index in [1.54, 1.807) is 0 Å². The van der Waals surface area contributed by atoms with Crippen LogP contribution in [0.25, 0.3) is 0 Å². The van der Waals surface area contributed by atoms with Crippen molar-refractivity contribution in [2.75, 3.05) is 13.2 Å². The smallest absolute Gasteiger partial charge is 0.0782 e. The van der Waals surface area contributed by atoms with E-state index in [0.717, 1.165) is 17.3 Å². The zero-order valence-electron chi connectivity index (χ0n) is 10.7. The summed E-state index contributed by atoms with van der Waals surface area (Å²) in [5.41, 5.74) is 0.365. The van der Waals surface area contributed by atoms with E-state index in [1.807, 2.05) is 24.3 Å². The minimum Gasteiger partial charge on any atom is -0.411 e. The number of rotatable bonds is 6. The van der Waals surface area contributed by atoms with Crippen LogP contribution in [0.1, 0.15) is 21.6 Å². The van der Waals surface area contributed by atoms with Crippen LogP contribution in [0.2, 0.25) is 0 Å². The predicted molar refractivity (Wildman–Crippen MR) is 92.9 cm³/mol. The van der Waals surface area contributed by atoms with Gasteiger partial charge in [-0.15, -0.1) is 22.7 Å². The van der Waals surface area contributed by atoms with Gasteiger partial charge in [-0.1, -0.05) is 5.16 Å². The van der Waals surface area contributed by atoms with Gasteiger partial charge in [0.2, 0.25) is 0 Å². The monoisotopic (exact) mass is 453 g/mol. The first-order valence-electron chi connectivity index (χ1n) is 6.04. The van der Waals surface area contributed by atoms with E-state index in [2.05, 4.69) is 37.0 Å². The van der Waals surface area contributed by atoms with Gasteiger partial charge in [0.15, 0.2) is 0 Å². The minimum atomic E-state index is -0.440. The highest BCUT2D eigenvalue weighted by Crippen LogP contribution is 2.36. The largest absolute Gasteiger partial charge is 0.411 e. The van der Waals surface area contributed by atoms with Crippen LogP contribution in [0.5, 0.6) is 0 Å². The summed E-state index contributed by atoms with van der Waals surface area (Å²) < 4.78 is 1.88. The molecule has 4 nitrogen and oxygen atoms in total. The van der Waals surface area contributed by atoms with Crippen LogP contribution in [-0.4, -0.2) is 34.3 Å². The maximum Gasteiger partial charge on any atom is 0.0782 e. The molecule has 8 heteroatoms. The molecule has 114 valence electrons. The second kappa shape index (κ2) is 7.85. The summed E-state index contributed by atoms with van der Waals surface area (Å²) in [4.78, 5) is 1.76. The number of hydrogen-bond donors (Lipinski definition) is 3. The number of halogens is 2. The van der Waals surface area contributed by atoms with E-state index in [-0.39, 0.29) is 13.2 Å². The maximum absolute atomic E-state index is 9.70. The lowest BCUT2D eigenvalue weighted by Gasteiger charge is -2.21. The minimum absolute atomic E-state index is 0.185. The van der Waals surface area contributed by atoms with E-state index in [1.165, 1.54) is 22.7 Å². The molecule has 2 atom stereocenters. The predicted octanol–water partition coefficient (Wildman–Crippen LogP) is 4.02. The summed E-state index contributed by atoms with van der Waals surface area (Å²) >= 11 is 9.71. The van der Waals surface area contributed by atoms with Gasteiger partial charge in [-0.2, -0.15) is 0 Å². The van der Waals surface area contributed by atoms with E-state index in [0.29, 0.717) is 5.71 Å². The molecule has 0 aliphatic rings.